The molecule has 1 aromatic heterocycles. The number of nitrogens with zero attached hydrogens (tertiary/aromatic N) is 2. The van der Waals surface area contributed by atoms with Gasteiger partial charge in [0.2, 0.25) is 0 Å². The van der Waals surface area contributed by atoms with Gasteiger partial charge in [0.25, 0.3) is 5.91 Å². The van der Waals surface area contributed by atoms with E-state index in [4.69, 9.17) is 0 Å². The zero-order valence-corrected chi connectivity index (χ0v) is 21.5. The Kier molecular flexibility index (Phi) is 6.96. The van der Waals surface area contributed by atoms with Crippen LogP contribution in [0.15, 0.2) is 67.4 Å². The van der Waals surface area contributed by atoms with Crippen molar-refractivity contribution in [1.29, 1.82) is 0 Å². The van der Waals surface area contributed by atoms with Gasteiger partial charge in [0, 0.05) is 36.0 Å². The molecule has 0 radical (unpaired) electrons. The van der Waals surface area contributed by atoms with Gasteiger partial charge in [0.15, 0.2) is 6.54 Å². The number of hydrogen-bond donors (Lipinski definition) is 2. The molecule has 2 N–H and O–H groups in total. The average molecular weight is 485 g/mol. The fourth-order valence-electron chi connectivity index (χ4n) is 6.83. The first-order valence-electron chi connectivity index (χ1n) is 13.4. The molecule has 4 unspecified atom stereocenters. The van der Waals surface area contributed by atoms with Crippen LogP contribution >= 0.6 is 0 Å². The summed E-state index contributed by atoms with van der Waals surface area (Å²) in [4.78, 5) is 18.2. The van der Waals surface area contributed by atoms with E-state index in [9.17, 15) is 9.90 Å². The first-order chi connectivity index (χ1) is 17.5. The Morgan fingerprint density at radius 3 is 2.64 bits per heavy atom. The Labute approximate surface area is 214 Å². The minimum atomic E-state index is -0.659. The van der Waals surface area contributed by atoms with E-state index in [-0.39, 0.29) is 11.9 Å². The van der Waals surface area contributed by atoms with Gasteiger partial charge < -0.3 is 14.9 Å². The number of fused-ring (bicyclic) bond motifs is 4. The number of aliphatic hydroxyl groups excluding tert-OH is 1. The molecule has 3 aliphatic heterocycles. The van der Waals surface area contributed by atoms with Crippen LogP contribution in [0.3, 0.4) is 0 Å². The highest BCUT2D eigenvalue weighted by atomic mass is 16.3. The highest BCUT2D eigenvalue weighted by Crippen LogP contribution is 2.47. The van der Waals surface area contributed by atoms with Crippen molar-refractivity contribution in [2.45, 2.75) is 51.7 Å². The van der Waals surface area contributed by atoms with Crippen LogP contribution in [0.5, 0.6) is 0 Å². The minimum absolute atomic E-state index is 0.0329. The van der Waals surface area contributed by atoms with Crippen LogP contribution in [0.4, 0.5) is 5.69 Å². The molecule has 3 fully saturated rings. The summed E-state index contributed by atoms with van der Waals surface area (Å²) in [5.74, 6) is 0.912. The highest BCUT2D eigenvalue weighted by Gasteiger charge is 2.54. The predicted octanol–water partition coefficient (Wildman–Crippen LogP) is 5.44. The van der Waals surface area contributed by atoms with Gasteiger partial charge in [-0.05, 0) is 47.6 Å². The molecular weight excluding hydrogens is 446 g/mol. The van der Waals surface area contributed by atoms with Gasteiger partial charge in [-0.25, -0.2) is 0 Å². The number of carbonyl (C=O) groups excluding carboxylic acids is 1. The molecule has 188 valence electrons. The molecule has 5 atom stereocenters. The van der Waals surface area contributed by atoms with E-state index in [0.29, 0.717) is 22.9 Å². The van der Waals surface area contributed by atoms with Crippen molar-refractivity contribution >= 4 is 22.5 Å². The second-order valence-corrected chi connectivity index (χ2v) is 10.6. The summed E-state index contributed by atoms with van der Waals surface area (Å²) in [6.45, 7) is 10.5. The number of para-hydroxylation sites is 2. The lowest BCUT2D eigenvalue weighted by Crippen LogP contribution is -2.69. The lowest BCUT2D eigenvalue weighted by atomic mass is 9.71. The zero-order chi connectivity index (χ0) is 25.3. The summed E-state index contributed by atoms with van der Waals surface area (Å²) in [5, 5.41) is 16.1. The smallest absolute Gasteiger partial charge is 0.279 e. The van der Waals surface area contributed by atoms with Gasteiger partial charge >= 0.3 is 0 Å². The second-order valence-electron chi connectivity index (χ2n) is 10.6. The normalized spacial score (nSPS) is 26.0. The number of aryl methyl sites for hydroxylation is 2. The highest BCUT2D eigenvalue weighted by molar-refractivity contribution is 5.93. The molecule has 36 heavy (non-hydrogen) atoms. The quantitative estimate of drug-likeness (QED) is 0.330. The molecule has 5 heteroatoms. The first kappa shape index (κ1) is 24.7. The number of amides is 1. The van der Waals surface area contributed by atoms with Crippen molar-refractivity contribution in [2.75, 3.05) is 25.0 Å². The van der Waals surface area contributed by atoms with Crippen molar-refractivity contribution in [1.82, 2.24) is 4.98 Å². The number of quaternary nitrogens is 1. The fourth-order valence-corrected chi connectivity index (χ4v) is 6.83. The molecule has 4 heterocycles. The van der Waals surface area contributed by atoms with E-state index in [1.165, 1.54) is 11.1 Å². The fraction of sp³-hybridized carbons (Fsp3) is 0.419. The SMILES string of the molecule is C=CC1C[N@+]2(CC(=O)Nc3c(CC)cccc3CC)CCC1CC2C(O)c1ccnc2ccccc12. The van der Waals surface area contributed by atoms with Crippen LogP contribution in [-0.4, -0.2) is 46.2 Å². The van der Waals surface area contributed by atoms with Crippen molar-refractivity contribution in [3.8, 4) is 0 Å². The van der Waals surface area contributed by atoms with E-state index in [0.717, 1.165) is 60.9 Å². The maximum absolute atomic E-state index is 13.7. The maximum atomic E-state index is 13.7. The van der Waals surface area contributed by atoms with Crippen LogP contribution in [0.1, 0.15) is 49.5 Å². The van der Waals surface area contributed by atoms with Crippen LogP contribution in [0, 0.1) is 11.8 Å². The second kappa shape index (κ2) is 10.2. The third kappa shape index (κ3) is 4.35. The van der Waals surface area contributed by atoms with E-state index in [2.05, 4.69) is 55.0 Å². The standard InChI is InChI=1S/C31H37N3O2/c1-4-21-10-9-11-22(5-2)30(21)33-29(35)20-34-17-15-24(23(6-3)19-34)18-28(34)31(36)26-14-16-32-27-13-8-7-12-25(26)27/h6-14,16,23-24,28,31,36H,3-5,15,17-20H2,1-2H3/p+1/t23?,24?,28?,31?,34-/m0/s1. The molecule has 2 bridgehead atoms. The summed E-state index contributed by atoms with van der Waals surface area (Å²) in [7, 11) is 0. The number of pyridine rings is 1. The number of hydrogen-bond acceptors (Lipinski definition) is 3. The van der Waals surface area contributed by atoms with Gasteiger partial charge in [-0.2, -0.15) is 0 Å². The summed E-state index contributed by atoms with van der Waals surface area (Å²) in [6.07, 6.45) is 6.91. The van der Waals surface area contributed by atoms with E-state index < -0.39 is 6.10 Å². The largest absolute Gasteiger partial charge is 0.382 e. The van der Waals surface area contributed by atoms with Crippen LogP contribution < -0.4 is 5.32 Å². The van der Waals surface area contributed by atoms with Gasteiger partial charge in [0.05, 0.1) is 18.6 Å². The Bertz CT molecular complexity index is 1240. The number of benzene rings is 2. The first-order valence-corrected chi connectivity index (χ1v) is 13.4. The lowest BCUT2D eigenvalue weighted by molar-refractivity contribution is -0.966. The summed E-state index contributed by atoms with van der Waals surface area (Å²) in [5.41, 5.74) is 5.11. The van der Waals surface area contributed by atoms with Gasteiger partial charge in [-0.3, -0.25) is 9.78 Å². The Morgan fingerprint density at radius 2 is 1.92 bits per heavy atom. The Balaban J connectivity index is 1.47. The number of aliphatic hydroxyl groups is 1. The molecule has 0 aliphatic carbocycles. The van der Waals surface area contributed by atoms with Crippen LogP contribution in [-0.2, 0) is 17.6 Å². The lowest BCUT2D eigenvalue weighted by Gasteiger charge is -2.57. The molecule has 3 saturated heterocycles. The predicted molar refractivity (Wildman–Crippen MR) is 146 cm³/mol. The van der Waals surface area contributed by atoms with Gasteiger partial charge in [-0.15, -0.1) is 6.58 Å². The van der Waals surface area contributed by atoms with E-state index in [1.54, 1.807) is 6.20 Å². The Morgan fingerprint density at radius 1 is 1.17 bits per heavy atom. The minimum Gasteiger partial charge on any atom is -0.382 e. The summed E-state index contributed by atoms with van der Waals surface area (Å²) >= 11 is 0. The summed E-state index contributed by atoms with van der Waals surface area (Å²) < 4.78 is 0.604. The average Bonchev–Trinajstić information content (AvgIpc) is 2.92. The van der Waals surface area contributed by atoms with E-state index >= 15 is 0 Å². The molecule has 3 aliphatic rings. The maximum Gasteiger partial charge on any atom is 0.279 e. The van der Waals surface area contributed by atoms with Gasteiger partial charge in [0.1, 0.15) is 12.1 Å². The molecular formula is C31H38N3O2+. The monoisotopic (exact) mass is 484 g/mol. The van der Waals surface area contributed by atoms with Crippen LogP contribution in [0.2, 0.25) is 0 Å². The third-order valence-corrected chi connectivity index (χ3v) is 8.76. The van der Waals surface area contributed by atoms with Crippen molar-refractivity contribution in [3.05, 3.63) is 84.1 Å². The zero-order valence-electron chi connectivity index (χ0n) is 21.5. The molecule has 1 amide bonds. The number of rotatable bonds is 8. The molecule has 3 aromatic rings. The summed E-state index contributed by atoms with van der Waals surface area (Å²) in [6, 6.07) is 16.2. The van der Waals surface area contributed by atoms with Crippen molar-refractivity contribution in [2.24, 2.45) is 11.8 Å². The number of aromatic nitrogens is 1. The van der Waals surface area contributed by atoms with Crippen molar-refractivity contribution in [3.63, 3.8) is 0 Å². The number of piperidine rings is 3. The molecule has 0 spiro atoms. The third-order valence-electron chi connectivity index (χ3n) is 8.76. The number of anilines is 1. The number of nitrogens with one attached hydrogen (secondary N) is 1. The molecule has 2 aromatic carbocycles. The molecule has 6 rings (SSSR count). The topological polar surface area (TPSA) is 62.2 Å². The number of carbonyl (C=O) groups is 1. The molecule has 0 saturated carbocycles. The Hall–Kier alpha value is -3.02. The molecule has 5 nitrogen and oxygen atoms in total. The van der Waals surface area contributed by atoms with Crippen molar-refractivity contribution < 1.29 is 14.4 Å². The van der Waals surface area contributed by atoms with E-state index in [1.807, 2.05) is 30.3 Å². The van der Waals surface area contributed by atoms with Gasteiger partial charge in [-0.1, -0.05) is 56.3 Å². The van der Waals surface area contributed by atoms with Crippen LogP contribution in [0.25, 0.3) is 10.9 Å².